The maximum atomic E-state index is 12.4. The van der Waals surface area contributed by atoms with Gasteiger partial charge in [0.2, 0.25) is 5.91 Å². The molecule has 0 atom stereocenters. The highest BCUT2D eigenvalue weighted by atomic mass is 32.1. The number of hydrogen-bond donors (Lipinski definition) is 1. The van der Waals surface area contributed by atoms with Gasteiger partial charge in [-0.2, -0.15) is 0 Å². The predicted molar refractivity (Wildman–Crippen MR) is 113 cm³/mol. The number of ether oxygens (including phenoxy) is 1. The molecule has 6 nitrogen and oxygen atoms in total. The minimum atomic E-state index is -0.240. The Morgan fingerprint density at radius 1 is 1.10 bits per heavy atom. The number of aryl methyl sites for hydroxylation is 1. The molecule has 146 valence electrons. The molecule has 3 aromatic carbocycles. The Morgan fingerprint density at radius 3 is 2.66 bits per heavy atom. The Bertz CT molecular complexity index is 1210. The van der Waals surface area contributed by atoms with E-state index >= 15 is 0 Å². The van der Waals surface area contributed by atoms with E-state index in [1.54, 1.807) is 0 Å². The third-order valence-electron chi connectivity index (χ3n) is 4.36. The zero-order valence-corrected chi connectivity index (χ0v) is 16.6. The summed E-state index contributed by atoms with van der Waals surface area (Å²) in [4.78, 5) is 12.5. The molecule has 0 spiro atoms. The van der Waals surface area contributed by atoms with Gasteiger partial charge in [0.1, 0.15) is 12.3 Å². The van der Waals surface area contributed by atoms with Gasteiger partial charge in [-0.1, -0.05) is 48.0 Å². The molecule has 0 saturated carbocycles. The van der Waals surface area contributed by atoms with Crippen molar-refractivity contribution < 1.29 is 13.9 Å². The molecule has 0 bridgehead atoms. The summed E-state index contributed by atoms with van der Waals surface area (Å²) in [7, 11) is 0. The van der Waals surface area contributed by atoms with Crippen LogP contribution < -0.4 is 10.1 Å². The summed E-state index contributed by atoms with van der Waals surface area (Å²) in [5.74, 6) is 0.782. The van der Waals surface area contributed by atoms with Crippen molar-refractivity contribution in [2.75, 3.05) is 5.32 Å². The molecule has 1 aromatic heterocycles. The molecule has 0 unspecified atom stereocenters. The summed E-state index contributed by atoms with van der Waals surface area (Å²) in [6, 6.07) is 21.4. The van der Waals surface area contributed by atoms with Crippen molar-refractivity contribution >= 4 is 34.6 Å². The maximum Gasteiger partial charge on any atom is 0.287 e. The van der Waals surface area contributed by atoms with Crippen LogP contribution in [0, 0.1) is 11.8 Å². The van der Waals surface area contributed by atoms with Crippen LogP contribution in [0.4, 0.5) is 5.69 Å². The lowest BCUT2D eigenvalue weighted by Crippen LogP contribution is -2.19. The highest BCUT2D eigenvalue weighted by molar-refractivity contribution is 7.71. The third kappa shape index (κ3) is 4.70. The van der Waals surface area contributed by atoms with E-state index < -0.39 is 0 Å². The van der Waals surface area contributed by atoms with E-state index in [-0.39, 0.29) is 23.9 Å². The van der Waals surface area contributed by atoms with E-state index in [0.29, 0.717) is 17.3 Å². The number of carbonyl (C=O) groups is 1. The molecule has 1 amide bonds. The number of rotatable bonds is 6. The van der Waals surface area contributed by atoms with Crippen LogP contribution in [0.5, 0.6) is 5.75 Å². The lowest BCUT2D eigenvalue weighted by atomic mass is 10.1. The SMILES string of the molecule is Cc1ccc(OCc2nn(CC(=O)Nc3ccc4ccccc4c3)c(=S)o2)cc1. The minimum Gasteiger partial charge on any atom is -0.484 e. The molecule has 29 heavy (non-hydrogen) atoms. The van der Waals surface area contributed by atoms with Crippen molar-refractivity contribution in [1.29, 1.82) is 0 Å². The lowest BCUT2D eigenvalue weighted by Gasteiger charge is -2.06. The molecule has 0 radical (unpaired) electrons. The summed E-state index contributed by atoms with van der Waals surface area (Å²) in [6.45, 7) is 2.10. The molecular weight excluding hydrogens is 386 g/mol. The number of carbonyl (C=O) groups excluding carboxylic acids is 1. The maximum absolute atomic E-state index is 12.4. The topological polar surface area (TPSA) is 69.3 Å². The van der Waals surface area contributed by atoms with Crippen LogP contribution in [0.15, 0.2) is 71.1 Å². The summed E-state index contributed by atoms with van der Waals surface area (Å²) in [6.07, 6.45) is 0. The van der Waals surface area contributed by atoms with Gasteiger partial charge >= 0.3 is 0 Å². The first-order valence-corrected chi connectivity index (χ1v) is 9.52. The lowest BCUT2D eigenvalue weighted by molar-refractivity contribution is -0.117. The van der Waals surface area contributed by atoms with E-state index in [9.17, 15) is 4.79 Å². The van der Waals surface area contributed by atoms with Gasteiger partial charge in [-0.25, -0.2) is 4.68 Å². The zero-order valence-electron chi connectivity index (χ0n) is 15.8. The number of anilines is 1. The Kier molecular flexibility index (Phi) is 5.39. The van der Waals surface area contributed by atoms with Crippen molar-refractivity contribution in [2.45, 2.75) is 20.1 Å². The van der Waals surface area contributed by atoms with Gasteiger partial charge < -0.3 is 14.5 Å². The van der Waals surface area contributed by atoms with Crippen LogP contribution in [-0.4, -0.2) is 15.7 Å². The smallest absolute Gasteiger partial charge is 0.287 e. The van der Waals surface area contributed by atoms with Crippen LogP contribution in [0.3, 0.4) is 0 Å². The first kappa shape index (κ1) is 18.9. The predicted octanol–water partition coefficient (Wildman–Crippen LogP) is 4.88. The Labute approximate surface area is 172 Å². The van der Waals surface area contributed by atoms with Gasteiger partial charge in [0.15, 0.2) is 6.61 Å². The molecule has 0 aliphatic rings. The molecular formula is C22H19N3O3S. The quantitative estimate of drug-likeness (QED) is 0.463. The number of nitrogens with zero attached hydrogens (tertiary/aromatic N) is 2. The number of aromatic nitrogens is 2. The second-order valence-electron chi connectivity index (χ2n) is 6.63. The van der Waals surface area contributed by atoms with Gasteiger partial charge in [0.05, 0.1) is 0 Å². The normalized spacial score (nSPS) is 10.8. The fourth-order valence-corrected chi connectivity index (χ4v) is 3.09. The van der Waals surface area contributed by atoms with Crippen LogP contribution in [-0.2, 0) is 17.9 Å². The molecule has 7 heteroatoms. The van der Waals surface area contributed by atoms with Gasteiger partial charge in [0.25, 0.3) is 10.7 Å². The van der Waals surface area contributed by atoms with Gasteiger partial charge in [0, 0.05) is 5.69 Å². The number of hydrogen-bond acceptors (Lipinski definition) is 5. The van der Waals surface area contributed by atoms with E-state index in [0.717, 1.165) is 16.3 Å². The van der Waals surface area contributed by atoms with Gasteiger partial charge in [-0.3, -0.25) is 4.79 Å². The summed E-state index contributed by atoms with van der Waals surface area (Å²) >= 11 is 5.17. The molecule has 4 aromatic rings. The number of benzene rings is 3. The van der Waals surface area contributed by atoms with Crippen molar-refractivity contribution in [1.82, 2.24) is 9.78 Å². The number of nitrogens with one attached hydrogen (secondary N) is 1. The second kappa shape index (κ2) is 8.28. The number of fused-ring (bicyclic) bond motifs is 1. The number of amides is 1. The standard InChI is InChI=1S/C22H19N3O3S/c1-15-6-10-19(11-7-15)27-14-21-24-25(22(29)28-21)13-20(26)23-18-9-8-16-4-2-3-5-17(16)12-18/h2-12H,13-14H2,1H3,(H,23,26). The first-order chi connectivity index (χ1) is 14.1. The molecule has 0 aliphatic heterocycles. The van der Waals surface area contributed by atoms with Crippen LogP contribution in [0.2, 0.25) is 0 Å². The van der Waals surface area contributed by atoms with Crippen LogP contribution >= 0.6 is 12.2 Å². The fraction of sp³-hybridized carbons (Fsp3) is 0.136. The van der Waals surface area contributed by atoms with E-state index in [4.69, 9.17) is 21.4 Å². The first-order valence-electron chi connectivity index (χ1n) is 9.12. The highest BCUT2D eigenvalue weighted by Crippen LogP contribution is 2.19. The summed E-state index contributed by atoms with van der Waals surface area (Å²) in [5.41, 5.74) is 1.86. The molecule has 1 heterocycles. The molecule has 0 saturated heterocycles. The van der Waals surface area contributed by atoms with Crippen LogP contribution in [0.1, 0.15) is 11.5 Å². The van der Waals surface area contributed by atoms with Crippen molar-refractivity contribution in [2.24, 2.45) is 0 Å². The molecule has 1 N–H and O–H groups in total. The third-order valence-corrected chi connectivity index (χ3v) is 4.65. The summed E-state index contributed by atoms with van der Waals surface area (Å²) in [5, 5.41) is 9.27. The van der Waals surface area contributed by atoms with Crippen LogP contribution in [0.25, 0.3) is 10.8 Å². The Hall–Kier alpha value is -3.45. The average Bonchev–Trinajstić information content (AvgIpc) is 3.06. The highest BCUT2D eigenvalue weighted by Gasteiger charge is 2.11. The Morgan fingerprint density at radius 2 is 1.86 bits per heavy atom. The summed E-state index contributed by atoms with van der Waals surface area (Å²) < 4.78 is 12.4. The van der Waals surface area contributed by atoms with Gasteiger partial charge in [-0.15, -0.1) is 5.10 Å². The second-order valence-corrected chi connectivity index (χ2v) is 6.98. The fourth-order valence-electron chi connectivity index (χ4n) is 2.89. The molecule has 0 aliphatic carbocycles. The monoisotopic (exact) mass is 405 g/mol. The zero-order chi connectivity index (χ0) is 20.2. The minimum absolute atomic E-state index is 0.0420. The molecule has 0 fully saturated rings. The average molecular weight is 405 g/mol. The Balaban J connectivity index is 1.38. The van der Waals surface area contributed by atoms with E-state index in [1.807, 2.05) is 73.7 Å². The van der Waals surface area contributed by atoms with Crippen molar-refractivity contribution in [3.8, 4) is 5.75 Å². The van der Waals surface area contributed by atoms with Crippen molar-refractivity contribution in [3.05, 3.63) is 83.0 Å². The largest absolute Gasteiger partial charge is 0.484 e. The van der Waals surface area contributed by atoms with E-state index in [1.165, 1.54) is 4.68 Å². The van der Waals surface area contributed by atoms with Crippen molar-refractivity contribution in [3.63, 3.8) is 0 Å². The molecule has 4 rings (SSSR count). The van der Waals surface area contributed by atoms with Gasteiger partial charge in [-0.05, 0) is 54.2 Å². The van der Waals surface area contributed by atoms with E-state index in [2.05, 4.69) is 10.4 Å².